The normalized spacial score (nSPS) is 15.4. The first kappa shape index (κ1) is 45.4. The molecule has 1 unspecified atom stereocenters. The van der Waals surface area contributed by atoms with E-state index in [1.807, 2.05) is 57.4 Å². The van der Waals surface area contributed by atoms with Crippen molar-refractivity contribution in [3.63, 3.8) is 0 Å². The van der Waals surface area contributed by atoms with Crippen LogP contribution < -0.4 is 16.8 Å². The van der Waals surface area contributed by atoms with Crippen LogP contribution in [0.5, 0.6) is 0 Å². The predicted octanol–water partition coefficient (Wildman–Crippen LogP) is 12.7. The molecule has 1 atom stereocenters. The number of benzene rings is 3. The molecule has 0 radical (unpaired) electrons. The van der Waals surface area contributed by atoms with E-state index < -0.39 is 0 Å². The summed E-state index contributed by atoms with van der Waals surface area (Å²) >= 11 is 0. The van der Waals surface area contributed by atoms with Gasteiger partial charge < -0.3 is 16.8 Å². The highest BCUT2D eigenvalue weighted by Gasteiger charge is 2.34. The maximum Gasteiger partial charge on any atom is 0.0393 e. The van der Waals surface area contributed by atoms with Crippen LogP contribution in [-0.4, -0.2) is 14.1 Å². The van der Waals surface area contributed by atoms with E-state index in [9.17, 15) is 0 Å². The number of aryl methyl sites for hydroxylation is 1. The minimum atomic E-state index is -0.0437. The van der Waals surface area contributed by atoms with Crippen LogP contribution in [0.1, 0.15) is 56.4 Å². The highest BCUT2D eigenvalue weighted by Crippen LogP contribution is 2.47. The third-order valence-corrected chi connectivity index (χ3v) is 8.46. The maximum absolute atomic E-state index is 6.29. The van der Waals surface area contributed by atoms with Gasteiger partial charge in [-0.1, -0.05) is 180 Å². The van der Waals surface area contributed by atoms with E-state index in [1.54, 1.807) is 6.08 Å². The molecular formula is C50H63N3. The second kappa shape index (κ2) is 24.5. The zero-order valence-corrected chi connectivity index (χ0v) is 33.3. The van der Waals surface area contributed by atoms with Gasteiger partial charge in [-0.2, -0.15) is 0 Å². The van der Waals surface area contributed by atoms with E-state index in [1.165, 1.54) is 45.2 Å². The van der Waals surface area contributed by atoms with Gasteiger partial charge in [0.2, 0.25) is 0 Å². The predicted molar refractivity (Wildman–Crippen MR) is 241 cm³/mol. The zero-order chi connectivity index (χ0) is 39.8. The number of hydrogen-bond donors (Lipinski definition) is 3. The average molecular weight is 706 g/mol. The number of nitrogen functional groups attached to an aromatic ring is 1. The summed E-state index contributed by atoms with van der Waals surface area (Å²) in [5.41, 5.74) is 24.0. The third-order valence-electron chi connectivity index (χ3n) is 8.46. The molecule has 0 spiro atoms. The summed E-state index contributed by atoms with van der Waals surface area (Å²) < 4.78 is 0. The molecule has 0 amide bonds. The number of hydrogen-bond acceptors (Lipinski definition) is 3. The van der Waals surface area contributed by atoms with E-state index in [4.69, 9.17) is 5.73 Å². The molecule has 3 heteroatoms. The second-order valence-electron chi connectivity index (χ2n) is 12.9. The lowest BCUT2D eigenvalue weighted by Gasteiger charge is -2.22. The number of rotatable bonds is 8. The van der Waals surface area contributed by atoms with Crippen LogP contribution in [0.4, 0.5) is 5.69 Å². The van der Waals surface area contributed by atoms with E-state index in [2.05, 4.69) is 169 Å². The number of nitrogens with one attached hydrogen (secondary N) is 1. The highest BCUT2D eigenvalue weighted by molar-refractivity contribution is 5.92. The summed E-state index contributed by atoms with van der Waals surface area (Å²) in [5, 5.41) is 2.75. The summed E-state index contributed by atoms with van der Waals surface area (Å²) in [7, 11) is 3.75. The Morgan fingerprint density at radius 1 is 0.887 bits per heavy atom. The molecule has 0 heterocycles. The second-order valence-corrected chi connectivity index (χ2v) is 12.9. The summed E-state index contributed by atoms with van der Waals surface area (Å²) in [6.45, 7) is 27.8. The van der Waals surface area contributed by atoms with E-state index in [0.717, 1.165) is 28.8 Å². The van der Waals surface area contributed by atoms with Crippen molar-refractivity contribution in [1.29, 1.82) is 0 Å². The summed E-state index contributed by atoms with van der Waals surface area (Å²) in [6, 6.07) is 23.2. The minimum absolute atomic E-state index is 0.0437. The third kappa shape index (κ3) is 13.4. The summed E-state index contributed by atoms with van der Waals surface area (Å²) in [5.74, 6) is 0.666. The number of para-hydroxylation sites is 1. The van der Waals surface area contributed by atoms with Crippen molar-refractivity contribution in [2.75, 3.05) is 19.8 Å². The molecule has 2 aliphatic carbocycles. The number of fused-ring (bicyclic) bond motifs is 1. The van der Waals surface area contributed by atoms with Gasteiger partial charge in [-0.3, -0.25) is 0 Å². The van der Waals surface area contributed by atoms with Crippen molar-refractivity contribution >= 4 is 17.3 Å². The van der Waals surface area contributed by atoms with Gasteiger partial charge in [0.15, 0.2) is 0 Å². The smallest absolute Gasteiger partial charge is 0.0393 e. The summed E-state index contributed by atoms with van der Waals surface area (Å²) in [6.07, 6.45) is 27.7. The van der Waals surface area contributed by atoms with E-state index in [-0.39, 0.29) is 5.41 Å². The average Bonchev–Trinajstić information content (AvgIpc) is 3.38. The summed E-state index contributed by atoms with van der Waals surface area (Å²) in [4.78, 5) is 0. The van der Waals surface area contributed by atoms with Gasteiger partial charge in [-0.05, 0) is 97.1 Å². The van der Waals surface area contributed by atoms with Crippen LogP contribution in [0.15, 0.2) is 189 Å². The molecule has 0 aliphatic heterocycles. The minimum Gasteiger partial charge on any atom is -0.405 e. The molecule has 0 saturated carbocycles. The standard InChI is InChI=1S/C28H27N.C16H20.C2H7N.C2H5N.C2H4/c1-5-25-22(21-10-6-8-12-26(21)28(25,3)4)17-16-20-15-14-19(2)18-24(20)23-11-7-9-13-27(23)29;1-4-6-7-9-15(8-5-2)16-12-10-14(3)11-13-16;1-3-2;1-2-3;1-2/h5-18H,1,29H2,2-4H3;4-10,12-14H,1,11H2,2-3H3;3H,1-2H3;2H,1,3H2;1-2H2/b17-16-;7-6-,8-5-,15-9-;;;. The Kier molecular flexibility index (Phi) is 21.0. The fourth-order valence-corrected chi connectivity index (χ4v) is 6.01. The van der Waals surface area contributed by atoms with E-state index >= 15 is 0 Å². The van der Waals surface area contributed by atoms with Gasteiger partial charge >= 0.3 is 0 Å². The molecule has 0 aromatic heterocycles. The van der Waals surface area contributed by atoms with Crippen molar-refractivity contribution in [3.05, 3.63) is 212 Å². The van der Waals surface area contributed by atoms with Gasteiger partial charge in [-0.15, -0.1) is 13.2 Å². The topological polar surface area (TPSA) is 64.1 Å². The van der Waals surface area contributed by atoms with Gasteiger partial charge in [0.25, 0.3) is 0 Å². The molecule has 3 nitrogen and oxygen atoms in total. The van der Waals surface area contributed by atoms with Gasteiger partial charge in [0, 0.05) is 16.7 Å². The molecular weight excluding hydrogens is 643 g/mol. The number of allylic oxidation sites excluding steroid dienone is 15. The van der Waals surface area contributed by atoms with Gasteiger partial charge in [-0.25, -0.2) is 0 Å². The maximum atomic E-state index is 6.29. The lowest BCUT2D eigenvalue weighted by molar-refractivity contribution is 0.654. The lowest BCUT2D eigenvalue weighted by atomic mass is 9.81. The number of anilines is 1. The first-order valence-corrected chi connectivity index (χ1v) is 18.1. The SMILES string of the molecule is C=C.C=CC1=C(/C=C\c2ccc(C)cc2-c2ccccc2N)c2ccccc2C1(C)C.C=CN.C=C\C=C/C=C(/C=C\C)C1=CCC(C)C=C1.CNC. The van der Waals surface area contributed by atoms with Crippen molar-refractivity contribution in [3.8, 4) is 11.1 Å². The molecule has 5 N–H and O–H groups in total. The molecule has 278 valence electrons. The Hall–Kier alpha value is -5.64. The molecule has 53 heavy (non-hydrogen) atoms. The Labute approximate surface area is 322 Å². The number of nitrogens with two attached hydrogens (primary N) is 2. The quantitative estimate of drug-likeness (QED) is 0.124. The zero-order valence-electron chi connectivity index (χ0n) is 33.3. The molecule has 3 aromatic rings. The Balaban J connectivity index is 0.000000494. The Bertz CT molecular complexity index is 1850. The van der Waals surface area contributed by atoms with Gasteiger partial charge in [0.1, 0.15) is 0 Å². The molecule has 5 rings (SSSR count). The van der Waals surface area contributed by atoms with Crippen LogP contribution in [0, 0.1) is 12.8 Å². The monoisotopic (exact) mass is 706 g/mol. The van der Waals surface area contributed by atoms with Crippen LogP contribution in [0.2, 0.25) is 0 Å². The van der Waals surface area contributed by atoms with Crippen LogP contribution >= 0.6 is 0 Å². The van der Waals surface area contributed by atoms with Crippen molar-refractivity contribution < 1.29 is 0 Å². The fourth-order valence-electron chi connectivity index (χ4n) is 6.01. The van der Waals surface area contributed by atoms with Crippen LogP contribution in [-0.2, 0) is 5.41 Å². The largest absolute Gasteiger partial charge is 0.405 e. The molecule has 0 fully saturated rings. The van der Waals surface area contributed by atoms with Crippen molar-refractivity contribution in [2.24, 2.45) is 11.7 Å². The Morgan fingerprint density at radius 3 is 2.08 bits per heavy atom. The van der Waals surface area contributed by atoms with Gasteiger partial charge in [0.05, 0.1) is 0 Å². The van der Waals surface area contributed by atoms with Crippen molar-refractivity contribution in [2.45, 2.75) is 46.5 Å². The molecule has 3 aromatic carbocycles. The lowest BCUT2D eigenvalue weighted by Crippen LogP contribution is -2.15. The first-order chi connectivity index (χ1) is 25.5. The van der Waals surface area contributed by atoms with Crippen LogP contribution in [0.25, 0.3) is 22.8 Å². The van der Waals surface area contributed by atoms with Crippen LogP contribution in [0.3, 0.4) is 0 Å². The molecule has 0 saturated heterocycles. The van der Waals surface area contributed by atoms with Crippen molar-refractivity contribution in [1.82, 2.24) is 5.32 Å². The fraction of sp³-hybridized carbons (Fsp3) is 0.200. The Morgan fingerprint density at radius 2 is 1.51 bits per heavy atom. The molecule has 2 aliphatic rings. The first-order valence-electron chi connectivity index (χ1n) is 18.1. The highest BCUT2D eigenvalue weighted by atomic mass is 14.7. The molecule has 0 bridgehead atoms. The van der Waals surface area contributed by atoms with E-state index in [0.29, 0.717) is 5.92 Å².